The zero-order valence-corrected chi connectivity index (χ0v) is 20.2. The maximum Gasteiger partial charge on any atom is 0.242 e. The number of aromatic nitrogens is 4. The van der Waals surface area contributed by atoms with Crippen molar-refractivity contribution in [2.45, 2.75) is 6.54 Å². The number of morpholine rings is 1. The first-order valence-electron chi connectivity index (χ1n) is 11.4. The number of sulfonamides is 1. The van der Waals surface area contributed by atoms with E-state index in [0.717, 1.165) is 0 Å². The van der Waals surface area contributed by atoms with Crippen LogP contribution in [0.4, 0.5) is 5.95 Å². The second-order valence-electron chi connectivity index (χ2n) is 8.61. The van der Waals surface area contributed by atoms with E-state index in [4.69, 9.17) is 14.7 Å². The molecule has 2 aromatic heterocycles. The topological polar surface area (TPSA) is 134 Å². The van der Waals surface area contributed by atoms with Gasteiger partial charge in [0.05, 0.1) is 25.8 Å². The number of benzene rings is 1. The van der Waals surface area contributed by atoms with Gasteiger partial charge in [-0.3, -0.25) is 4.79 Å². The van der Waals surface area contributed by atoms with Gasteiger partial charge < -0.3 is 24.2 Å². The van der Waals surface area contributed by atoms with Crippen molar-refractivity contribution in [2.75, 3.05) is 63.6 Å². The minimum absolute atomic E-state index is 0.0222. The predicted octanol–water partition coefficient (Wildman–Crippen LogP) is 0.139. The van der Waals surface area contributed by atoms with Crippen LogP contribution in [0.1, 0.15) is 0 Å². The zero-order chi connectivity index (χ0) is 24.6. The van der Waals surface area contributed by atoms with E-state index < -0.39 is 10.0 Å². The number of piperazine rings is 1. The Balaban J connectivity index is 1.46. The maximum atomic E-state index is 13.1. The minimum Gasteiger partial charge on any atom is -0.508 e. The number of amides is 1. The molecule has 186 valence electrons. The van der Waals surface area contributed by atoms with Crippen LogP contribution in [0.3, 0.4) is 0 Å². The summed E-state index contributed by atoms with van der Waals surface area (Å²) < 4.78 is 32.1. The number of phenolic OH excluding ortho intramolecular Hbond substituents is 1. The standard InChI is InChI=1S/C22H27N7O5S/c1-35(32,33)29-7-5-26(6-8-29)18(31)14-28-15-23-20-19(16-3-2-4-17(30)13-16)24-22(25-21(20)28)27-9-11-34-12-10-27/h2-4,13,15,30H,5-12,14H2,1H3. The van der Waals surface area contributed by atoms with Crippen molar-refractivity contribution in [3.63, 3.8) is 0 Å². The lowest BCUT2D eigenvalue weighted by Gasteiger charge is -2.33. The third-order valence-corrected chi connectivity index (χ3v) is 7.53. The summed E-state index contributed by atoms with van der Waals surface area (Å²) >= 11 is 0. The monoisotopic (exact) mass is 501 g/mol. The summed E-state index contributed by atoms with van der Waals surface area (Å²) in [5, 5.41) is 10.0. The van der Waals surface area contributed by atoms with E-state index in [1.165, 1.54) is 10.6 Å². The summed E-state index contributed by atoms with van der Waals surface area (Å²) in [5.74, 6) is 0.489. The molecule has 2 aliphatic rings. The number of carbonyl (C=O) groups is 1. The highest BCUT2D eigenvalue weighted by atomic mass is 32.2. The van der Waals surface area contributed by atoms with Crippen LogP contribution in [0, 0.1) is 0 Å². The van der Waals surface area contributed by atoms with Crippen LogP contribution >= 0.6 is 0 Å². The Morgan fingerprint density at radius 2 is 1.83 bits per heavy atom. The average molecular weight is 502 g/mol. The van der Waals surface area contributed by atoms with Gasteiger partial charge in [0.1, 0.15) is 23.5 Å². The number of phenols is 1. The van der Waals surface area contributed by atoms with Gasteiger partial charge in [0.25, 0.3) is 0 Å². The van der Waals surface area contributed by atoms with Gasteiger partial charge in [0.15, 0.2) is 5.65 Å². The number of nitrogens with zero attached hydrogens (tertiary/aromatic N) is 7. The number of imidazole rings is 1. The molecule has 0 unspecified atom stereocenters. The van der Waals surface area contributed by atoms with Gasteiger partial charge in [-0.15, -0.1) is 0 Å². The highest BCUT2D eigenvalue weighted by Gasteiger charge is 2.27. The van der Waals surface area contributed by atoms with Crippen molar-refractivity contribution >= 4 is 33.0 Å². The number of rotatable bonds is 5. The Hall–Kier alpha value is -3.29. The maximum absolute atomic E-state index is 13.1. The molecule has 0 spiro atoms. The summed E-state index contributed by atoms with van der Waals surface area (Å²) in [6.45, 7) is 3.67. The minimum atomic E-state index is -3.27. The van der Waals surface area contributed by atoms with Gasteiger partial charge in [-0.1, -0.05) is 12.1 Å². The lowest BCUT2D eigenvalue weighted by molar-refractivity contribution is -0.132. The fourth-order valence-electron chi connectivity index (χ4n) is 4.32. The van der Waals surface area contributed by atoms with Crippen molar-refractivity contribution in [3.05, 3.63) is 30.6 Å². The highest BCUT2D eigenvalue weighted by molar-refractivity contribution is 7.88. The molecule has 0 bridgehead atoms. The highest BCUT2D eigenvalue weighted by Crippen LogP contribution is 2.29. The van der Waals surface area contributed by atoms with Crippen molar-refractivity contribution in [1.82, 2.24) is 28.7 Å². The molecule has 1 aromatic carbocycles. The molecule has 0 atom stereocenters. The van der Waals surface area contributed by atoms with Crippen LogP contribution in [0.5, 0.6) is 5.75 Å². The molecule has 13 heteroatoms. The Bertz CT molecular complexity index is 1350. The fraction of sp³-hybridized carbons (Fsp3) is 0.455. The van der Waals surface area contributed by atoms with Gasteiger partial charge in [-0.25, -0.2) is 18.4 Å². The zero-order valence-electron chi connectivity index (χ0n) is 19.4. The molecule has 4 heterocycles. The summed E-state index contributed by atoms with van der Waals surface area (Å²) in [6.07, 6.45) is 2.75. The summed E-state index contributed by atoms with van der Waals surface area (Å²) in [6, 6.07) is 6.79. The van der Waals surface area contributed by atoms with Crippen LogP contribution in [-0.4, -0.2) is 107 Å². The quantitative estimate of drug-likeness (QED) is 0.518. The van der Waals surface area contributed by atoms with E-state index in [0.29, 0.717) is 67.8 Å². The second kappa shape index (κ2) is 9.40. The van der Waals surface area contributed by atoms with Crippen molar-refractivity contribution in [3.8, 4) is 17.0 Å². The number of aromatic hydroxyl groups is 1. The fourth-order valence-corrected chi connectivity index (χ4v) is 5.15. The molecular formula is C22H27N7O5S. The molecule has 0 aliphatic carbocycles. The van der Waals surface area contributed by atoms with E-state index >= 15 is 0 Å². The van der Waals surface area contributed by atoms with Crippen LogP contribution in [0.15, 0.2) is 30.6 Å². The second-order valence-corrected chi connectivity index (χ2v) is 10.6. The molecule has 1 amide bonds. The number of carbonyl (C=O) groups excluding carboxylic acids is 1. The Morgan fingerprint density at radius 1 is 1.09 bits per heavy atom. The lowest BCUT2D eigenvalue weighted by atomic mass is 10.1. The SMILES string of the molecule is CS(=O)(=O)N1CCN(C(=O)Cn2cnc3c(-c4cccc(O)c4)nc(N4CCOCC4)nc32)CC1. The van der Waals surface area contributed by atoms with Crippen LogP contribution in [0.25, 0.3) is 22.4 Å². The first-order valence-corrected chi connectivity index (χ1v) is 13.2. The largest absolute Gasteiger partial charge is 0.508 e. The van der Waals surface area contributed by atoms with Gasteiger partial charge in [-0.2, -0.15) is 9.29 Å². The summed E-state index contributed by atoms with van der Waals surface area (Å²) in [4.78, 5) is 30.8. The smallest absolute Gasteiger partial charge is 0.242 e. The molecule has 2 saturated heterocycles. The molecule has 2 fully saturated rings. The predicted molar refractivity (Wildman–Crippen MR) is 128 cm³/mol. The number of fused-ring (bicyclic) bond motifs is 1. The molecule has 0 radical (unpaired) electrons. The number of ether oxygens (including phenoxy) is 1. The van der Waals surface area contributed by atoms with E-state index in [-0.39, 0.29) is 31.3 Å². The molecule has 2 aliphatic heterocycles. The van der Waals surface area contributed by atoms with Crippen LogP contribution in [-0.2, 0) is 26.1 Å². The molecule has 5 rings (SSSR count). The van der Waals surface area contributed by atoms with Gasteiger partial charge >= 0.3 is 0 Å². The van der Waals surface area contributed by atoms with Crippen molar-refractivity contribution in [2.24, 2.45) is 0 Å². The Morgan fingerprint density at radius 3 is 2.51 bits per heavy atom. The van der Waals surface area contributed by atoms with Gasteiger partial charge in [0.2, 0.25) is 21.9 Å². The summed E-state index contributed by atoms with van der Waals surface area (Å²) in [7, 11) is -3.27. The normalized spacial score (nSPS) is 17.7. The Kier molecular flexibility index (Phi) is 6.30. The first kappa shape index (κ1) is 23.5. The van der Waals surface area contributed by atoms with Gasteiger partial charge in [-0.05, 0) is 12.1 Å². The van der Waals surface area contributed by atoms with Crippen molar-refractivity contribution < 1.29 is 23.1 Å². The van der Waals surface area contributed by atoms with E-state index in [1.807, 2.05) is 11.0 Å². The van der Waals surface area contributed by atoms with E-state index in [1.54, 1.807) is 34.0 Å². The van der Waals surface area contributed by atoms with E-state index in [9.17, 15) is 18.3 Å². The Labute approximate surface area is 202 Å². The molecular weight excluding hydrogens is 474 g/mol. The molecule has 12 nitrogen and oxygen atoms in total. The molecule has 0 saturated carbocycles. The average Bonchev–Trinajstić information content (AvgIpc) is 3.26. The molecule has 3 aromatic rings. The first-order chi connectivity index (χ1) is 16.8. The van der Waals surface area contributed by atoms with Crippen molar-refractivity contribution in [1.29, 1.82) is 0 Å². The number of hydrogen-bond donors (Lipinski definition) is 1. The van der Waals surface area contributed by atoms with Crippen LogP contribution in [0.2, 0.25) is 0 Å². The third-order valence-electron chi connectivity index (χ3n) is 6.23. The third kappa shape index (κ3) is 4.92. The summed E-state index contributed by atoms with van der Waals surface area (Å²) in [5.41, 5.74) is 2.31. The van der Waals surface area contributed by atoms with Crippen LogP contribution < -0.4 is 4.90 Å². The molecule has 35 heavy (non-hydrogen) atoms. The van der Waals surface area contributed by atoms with E-state index in [2.05, 4.69) is 4.98 Å². The molecule has 1 N–H and O–H groups in total. The number of hydrogen-bond acceptors (Lipinski definition) is 9. The lowest BCUT2D eigenvalue weighted by Crippen LogP contribution is -2.50. The number of anilines is 1. The van der Waals surface area contributed by atoms with Gasteiger partial charge in [0, 0.05) is 44.8 Å².